The molecule has 1 fully saturated rings. The van der Waals surface area contributed by atoms with E-state index in [4.69, 9.17) is 5.73 Å². The zero-order valence-electron chi connectivity index (χ0n) is 20.1. The van der Waals surface area contributed by atoms with Crippen LogP contribution in [-0.4, -0.2) is 73.6 Å². The number of aliphatic hydroxyl groups is 4. The number of amides is 1. The third-order valence-electron chi connectivity index (χ3n) is 7.02. The Morgan fingerprint density at radius 1 is 1.11 bits per heavy atom. The Labute approximate surface area is 208 Å². The van der Waals surface area contributed by atoms with Crippen molar-refractivity contribution in [2.24, 2.45) is 17.6 Å². The molecule has 7 N–H and O–H groups in total. The first-order valence-corrected chi connectivity index (χ1v) is 11.0. The molecule has 0 bridgehead atoms. The van der Waals surface area contributed by atoms with Crippen molar-refractivity contribution in [3.8, 4) is 5.75 Å². The highest BCUT2D eigenvalue weighted by molar-refractivity contribution is 6.24. The Morgan fingerprint density at radius 3 is 2.20 bits per heavy atom. The number of primary amides is 1. The maximum Gasteiger partial charge on any atom is 0.255 e. The fraction of sp³-hybridized carbons (Fsp3) is 0.458. The first kappa shape index (κ1) is 28.3. The molecule has 0 unspecified atom stereocenters. The van der Waals surface area contributed by atoms with Crippen LogP contribution in [0.4, 0.5) is 0 Å². The highest BCUT2D eigenvalue weighted by atomic mass is 35.5. The van der Waals surface area contributed by atoms with Gasteiger partial charge in [0.15, 0.2) is 11.4 Å². The van der Waals surface area contributed by atoms with Gasteiger partial charge in [-0.15, -0.1) is 12.4 Å². The predicted molar refractivity (Wildman–Crippen MR) is 129 cm³/mol. The van der Waals surface area contributed by atoms with E-state index in [-0.39, 0.29) is 30.0 Å². The van der Waals surface area contributed by atoms with E-state index in [2.05, 4.69) is 0 Å². The minimum atomic E-state index is -2.75. The summed E-state index contributed by atoms with van der Waals surface area (Å²) in [7, 11) is 3.01. The molecule has 1 aromatic rings. The van der Waals surface area contributed by atoms with Gasteiger partial charge in [0.1, 0.15) is 22.8 Å². The Morgan fingerprint density at radius 2 is 1.69 bits per heavy atom. The number of phenolic OH excluding ortho intramolecular Hbond substituents is 1. The standard InChI is InChI=1S/C22H24N2O8.C2H6.ClH/c1-21(31)8-5-4-6-11(25)12(8)16(26)13-9(21)7-10-15(24(2)3)17(27)14(20(23)30)19(29)22(10,32)18(13)28;1-2;/h4-6,9-10,15,25-26,29,31-32H,7H2,1-3H3,(H2,23,30);1-2H3;1H/t9-,10-,15-,21+,22-;;/m0../s1. The summed E-state index contributed by atoms with van der Waals surface area (Å²) < 4.78 is 0. The molecular weight excluding hydrogens is 480 g/mol. The number of hydrogen-bond acceptors (Lipinski definition) is 9. The van der Waals surface area contributed by atoms with Crippen molar-refractivity contribution in [2.45, 2.75) is 44.4 Å². The molecule has 4 rings (SSSR count). The molecule has 1 aromatic carbocycles. The first-order chi connectivity index (χ1) is 15.8. The lowest BCUT2D eigenvalue weighted by Gasteiger charge is -2.53. The third-order valence-corrected chi connectivity index (χ3v) is 7.02. The maximum absolute atomic E-state index is 13.7. The summed E-state index contributed by atoms with van der Waals surface area (Å²) in [6.07, 6.45) is -0.200. The van der Waals surface area contributed by atoms with E-state index in [0.29, 0.717) is 0 Å². The monoisotopic (exact) mass is 510 g/mol. The number of nitrogens with two attached hydrogens (primary N) is 1. The van der Waals surface area contributed by atoms with E-state index in [1.807, 2.05) is 13.8 Å². The number of nitrogens with zero attached hydrogens (tertiary/aromatic N) is 1. The quantitative estimate of drug-likeness (QED) is 0.317. The number of carbonyl (C=O) groups is 3. The highest BCUT2D eigenvalue weighted by Gasteiger charge is 2.66. The summed E-state index contributed by atoms with van der Waals surface area (Å²) in [5.41, 5.74) is -0.548. The number of Topliss-reactive ketones (excluding diaryl/α,β-unsaturated/α-hetero) is 2. The number of phenols is 1. The van der Waals surface area contributed by atoms with Crippen molar-refractivity contribution in [3.05, 3.63) is 46.2 Å². The number of hydrogen-bond donors (Lipinski definition) is 6. The summed E-state index contributed by atoms with van der Waals surface area (Å²) in [6, 6.07) is 3.02. The molecule has 35 heavy (non-hydrogen) atoms. The highest BCUT2D eigenvalue weighted by Crippen LogP contribution is 2.57. The molecular formula is C24H31ClN2O8. The van der Waals surface area contributed by atoms with Gasteiger partial charge in [-0.25, -0.2) is 0 Å². The number of likely N-dealkylation sites (N-methyl/N-ethyl adjacent to an activating group) is 1. The fourth-order valence-electron chi connectivity index (χ4n) is 5.50. The van der Waals surface area contributed by atoms with E-state index in [0.717, 1.165) is 0 Å². The number of ketones is 2. The molecule has 0 aliphatic heterocycles. The van der Waals surface area contributed by atoms with Gasteiger partial charge >= 0.3 is 0 Å². The Balaban J connectivity index is 0.00000140. The van der Waals surface area contributed by atoms with Crippen LogP contribution in [0.25, 0.3) is 5.76 Å². The van der Waals surface area contributed by atoms with Gasteiger partial charge in [-0.1, -0.05) is 26.0 Å². The van der Waals surface area contributed by atoms with Crippen LogP contribution in [0.2, 0.25) is 0 Å². The molecule has 0 saturated heterocycles. The number of aromatic hydroxyl groups is 1. The minimum absolute atomic E-state index is 0. The zero-order valence-corrected chi connectivity index (χ0v) is 20.9. The average Bonchev–Trinajstić information content (AvgIpc) is 2.75. The van der Waals surface area contributed by atoms with Crippen molar-refractivity contribution in [1.29, 1.82) is 0 Å². The second kappa shape index (κ2) is 9.27. The van der Waals surface area contributed by atoms with Crippen LogP contribution < -0.4 is 5.73 Å². The zero-order chi connectivity index (χ0) is 25.9. The molecule has 0 spiro atoms. The molecule has 5 atom stereocenters. The number of carbonyl (C=O) groups excluding carboxylic acids is 3. The lowest BCUT2D eigenvalue weighted by Crippen LogP contribution is -2.67. The second-order valence-electron chi connectivity index (χ2n) is 8.96. The Kier molecular flexibility index (Phi) is 7.50. The second-order valence-corrected chi connectivity index (χ2v) is 8.96. The Hall–Kier alpha value is -2.92. The molecule has 3 aliphatic carbocycles. The summed E-state index contributed by atoms with van der Waals surface area (Å²) >= 11 is 0. The summed E-state index contributed by atoms with van der Waals surface area (Å²) in [5, 5.41) is 54.9. The molecule has 1 saturated carbocycles. The van der Waals surface area contributed by atoms with Crippen LogP contribution in [0.1, 0.15) is 38.3 Å². The van der Waals surface area contributed by atoms with Gasteiger partial charge in [0.05, 0.1) is 17.2 Å². The van der Waals surface area contributed by atoms with Crippen molar-refractivity contribution in [1.82, 2.24) is 4.90 Å². The van der Waals surface area contributed by atoms with Crippen LogP contribution in [0, 0.1) is 11.8 Å². The van der Waals surface area contributed by atoms with Gasteiger partial charge in [-0.2, -0.15) is 0 Å². The van der Waals surface area contributed by atoms with Crippen molar-refractivity contribution >= 4 is 35.6 Å². The van der Waals surface area contributed by atoms with Crippen LogP contribution in [0.15, 0.2) is 35.1 Å². The normalized spacial score (nSPS) is 31.6. The SMILES string of the molecule is CC.CN(C)[C@@H]1C(=O)C(C(N)=O)=C(O)[C@@]2(O)C(=O)C3=C(O)c4c(O)cccc4[C@@](C)(O)[C@H]3C[C@@H]12.Cl. The predicted octanol–water partition coefficient (Wildman–Crippen LogP) is 1.08. The molecule has 11 heteroatoms. The van der Waals surface area contributed by atoms with Crippen LogP contribution in [0.5, 0.6) is 5.75 Å². The van der Waals surface area contributed by atoms with Crippen molar-refractivity contribution < 1.29 is 39.9 Å². The molecule has 0 radical (unpaired) electrons. The van der Waals surface area contributed by atoms with Crippen molar-refractivity contribution in [3.63, 3.8) is 0 Å². The number of rotatable bonds is 2. The first-order valence-electron chi connectivity index (χ1n) is 11.0. The smallest absolute Gasteiger partial charge is 0.255 e. The number of halogens is 1. The largest absolute Gasteiger partial charge is 0.508 e. The fourth-order valence-corrected chi connectivity index (χ4v) is 5.50. The average molecular weight is 511 g/mol. The number of aliphatic hydroxyl groups excluding tert-OH is 2. The summed E-state index contributed by atoms with van der Waals surface area (Å²) in [5.74, 6) is -7.90. The van der Waals surface area contributed by atoms with Crippen LogP contribution in [-0.2, 0) is 20.0 Å². The molecule has 0 heterocycles. The van der Waals surface area contributed by atoms with Gasteiger partial charge in [-0.05, 0) is 39.1 Å². The number of benzene rings is 1. The maximum atomic E-state index is 13.7. The van der Waals surface area contributed by atoms with Gasteiger partial charge in [0.2, 0.25) is 5.78 Å². The van der Waals surface area contributed by atoms with Gasteiger partial charge in [0.25, 0.3) is 5.91 Å². The number of fused-ring (bicyclic) bond motifs is 3. The molecule has 192 valence electrons. The minimum Gasteiger partial charge on any atom is -0.508 e. The molecule has 0 aromatic heterocycles. The van der Waals surface area contributed by atoms with Crippen LogP contribution >= 0.6 is 12.4 Å². The van der Waals surface area contributed by atoms with Crippen LogP contribution in [0.3, 0.4) is 0 Å². The summed E-state index contributed by atoms with van der Waals surface area (Å²) in [6.45, 7) is 5.40. The Bertz CT molecular complexity index is 1160. The molecule has 10 nitrogen and oxygen atoms in total. The molecule has 3 aliphatic rings. The van der Waals surface area contributed by atoms with E-state index in [9.17, 15) is 39.9 Å². The third kappa shape index (κ3) is 3.63. The van der Waals surface area contributed by atoms with Gasteiger partial charge in [-0.3, -0.25) is 19.3 Å². The van der Waals surface area contributed by atoms with E-state index in [1.165, 1.54) is 44.1 Å². The lowest BCUT2D eigenvalue weighted by atomic mass is 9.54. The molecule has 1 amide bonds. The van der Waals surface area contributed by atoms with Gasteiger partial charge < -0.3 is 31.3 Å². The lowest BCUT2D eigenvalue weighted by molar-refractivity contribution is -0.159. The van der Waals surface area contributed by atoms with E-state index >= 15 is 0 Å². The summed E-state index contributed by atoms with van der Waals surface area (Å²) in [4.78, 5) is 40.0. The topological polar surface area (TPSA) is 182 Å². The van der Waals surface area contributed by atoms with Gasteiger partial charge in [0, 0.05) is 17.4 Å². The van der Waals surface area contributed by atoms with Crippen molar-refractivity contribution in [2.75, 3.05) is 14.1 Å². The van der Waals surface area contributed by atoms with E-state index < -0.39 is 75.0 Å². The van der Waals surface area contributed by atoms with E-state index in [1.54, 1.807) is 0 Å².